The van der Waals surface area contributed by atoms with Gasteiger partial charge in [-0.05, 0) is 25.3 Å². The van der Waals surface area contributed by atoms with Crippen LogP contribution in [0.4, 0.5) is 0 Å². The molecule has 2 aliphatic heterocycles. The average Bonchev–Trinajstić information content (AvgIpc) is 2.74. The van der Waals surface area contributed by atoms with Gasteiger partial charge in [-0.1, -0.05) is 30.3 Å². The van der Waals surface area contributed by atoms with Crippen LogP contribution in [0.2, 0.25) is 0 Å². The lowest BCUT2D eigenvalue weighted by molar-refractivity contribution is -0.475. The second kappa shape index (κ2) is 7.82. The van der Waals surface area contributed by atoms with Gasteiger partial charge in [-0.2, -0.15) is 0 Å². The summed E-state index contributed by atoms with van der Waals surface area (Å²) in [6, 6.07) is 9.66. The van der Waals surface area contributed by atoms with Crippen LogP contribution >= 0.6 is 0 Å². The Kier molecular flexibility index (Phi) is 5.57. The maximum atomic E-state index is 13.1. The minimum Gasteiger partial charge on any atom is -0.349 e. The van der Waals surface area contributed by atoms with E-state index in [1.807, 2.05) is 37.3 Å². The summed E-state index contributed by atoms with van der Waals surface area (Å²) in [6.45, 7) is 2.14. The zero-order valence-electron chi connectivity index (χ0n) is 16.6. The van der Waals surface area contributed by atoms with Crippen LogP contribution in [0, 0.1) is 0 Å². The Hall–Kier alpha value is -1.35. The largest absolute Gasteiger partial charge is 0.349 e. The molecule has 28 heavy (non-hydrogen) atoms. The van der Waals surface area contributed by atoms with E-state index in [0.717, 1.165) is 18.4 Å². The van der Waals surface area contributed by atoms with Gasteiger partial charge >= 0.3 is 0 Å². The van der Waals surface area contributed by atoms with Crippen LogP contribution in [-0.4, -0.2) is 56.2 Å². The molecular weight excluding hydrogens is 364 g/mol. The molecular formula is C21H28O7. The highest BCUT2D eigenvalue weighted by Gasteiger charge is 2.66. The molecule has 0 amide bonds. The van der Waals surface area contributed by atoms with Crippen molar-refractivity contribution in [1.82, 2.24) is 0 Å². The van der Waals surface area contributed by atoms with Gasteiger partial charge in [-0.3, -0.25) is 4.79 Å². The average molecular weight is 392 g/mol. The van der Waals surface area contributed by atoms with Crippen LogP contribution in [0.15, 0.2) is 30.3 Å². The van der Waals surface area contributed by atoms with E-state index in [1.54, 1.807) is 14.2 Å². The van der Waals surface area contributed by atoms with Crippen molar-refractivity contribution >= 4 is 5.78 Å². The molecule has 0 radical (unpaired) electrons. The van der Waals surface area contributed by atoms with Crippen LogP contribution in [0.5, 0.6) is 0 Å². The van der Waals surface area contributed by atoms with Gasteiger partial charge in [0.25, 0.3) is 0 Å². The number of fused-ring (bicyclic) bond motifs is 2. The third-order valence-corrected chi connectivity index (χ3v) is 6.00. The summed E-state index contributed by atoms with van der Waals surface area (Å²) < 4.78 is 35.8. The normalized spacial score (nSPS) is 40.6. The predicted octanol–water partition coefficient (Wildman–Crippen LogP) is 2.56. The van der Waals surface area contributed by atoms with Crippen molar-refractivity contribution in [3.8, 4) is 0 Å². The molecule has 1 aromatic carbocycles. The van der Waals surface area contributed by atoms with Gasteiger partial charge in [0.05, 0.1) is 12.7 Å². The zero-order valence-corrected chi connectivity index (χ0v) is 16.6. The van der Waals surface area contributed by atoms with E-state index in [4.69, 9.17) is 28.4 Å². The molecule has 3 aliphatic rings. The number of rotatable bonds is 5. The summed E-state index contributed by atoms with van der Waals surface area (Å²) in [5.74, 6) is -2.44. The van der Waals surface area contributed by atoms with Crippen LogP contribution in [0.1, 0.15) is 38.2 Å². The number of hydrogen-bond donors (Lipinski definition) is 0. The fraction of sp³-hybridized carbons (Fsp3) is 0.667. The minimum atomic E-state index is -1.11. The highest BCUT2D eigenvalue weighted by atomic mass is 16.8. The number of benzene rings is 1. The quantitative estimate of drug-likeness (QED) is 0.762. The van der Waals surface area contributed by atoms with E-state index in [-0.39, 0.29) is 12.4 Å². The SMILES string of the molecule is CO[C@@]12CCCC[C@@]1(OC)O[C@H]1C(=O)[C@@H](OCc3ccccc3)O[C@@H](C)[C@@H]1O2. The summed E-state index contributed by atoms with van der Waals surface area (Å²) in [6.07, 6.45) is 0.268. The van der Waals surface area contributed by atoms with Crippen LogP contribution in [0.25, 0.3) is 0 Å². The van der Waals surface area contributed by atoms with E-state index in [9.17, 15) is 4.79 Å². The molecule has 0 spiro atoms. The molecule has 1 aliphatic carbocycles. The van der Waals surface area contributed by atoms with Gasteiger partial charge in [0.15, 0.2) is 6.10 Å². The lowest BCUT2D eigenvalue weighted by Crippen LogP contribution is -2.73. The molecule has 0 N–H and O–H groups in total. The molecule has 4 rings (SSSR count). The Labute approximate surface area is 165 Å². The van der Waals surface area contributed by atoms with Crippen molar-refractivity contribution in [2.24, 2.45) is 0 Å². The summed E-state index contributed by atoms with van der Waals surface area (Å²) in [5, 5.41) is 0. The molecule has 1 saturated carbocycles. The minimum absolute atomic E-state index is 0.277. The number of ether oxygens (including phenoxy) is 6. The molecule has 7 nitrogen and oxygen atoms in total. The molecule has 1 aromatic rings. The molecule has 3 fully saturated rings. The third-order valence-electron chi connectivity index (χ3n) is 6.00. The van der Waals surface area contributed by atoms with Crippen molar-refractivity contribution in [2.75, 3.05) is 14.2 Å². The van der Waals surface area contributed by atoms with E-state index >= 15 is 0 Å². The van der Waals surface area contributed by atoms with E-state index in [1.165, 1.54) is 0 Å². The molecule has 6 atom stereocenters. The first-order valence-corrected chi connectivity index (χ1v) is 9.85. The molecule has 0 aromatic heterocycles. The third kappa shape index (κ3) is 3.20. The first-order valence-electron chi connectivity index (χ1n) is 9.85. The van der Waals surface area contributed by atoms with Crippen molar-refractivity contribution in [2.45, 2.75) is 75.4 Å². The standard InChI is InChI=1S/C21H28O7/c1-14-17-18(16(22)19(26-14)25-13-15-9-5-4-6-10-15)28-21(24-3)12-8-7-11-20(21,23-2)27-17/h4-6,9-10,14,17-19H,7-8,11-13H2,1-3H3/t14-,17-,18-,19-,20+,21+/m0/s1. The number of carbonyl (C=O) groups excluding carboxylic acids is 1. The summed E-state index contributed by atoms with van der Waals surface area (Å²) in [7, 11) is 3.16. The lowest BCUT2D eigenvalue weighted by Gasteiger charge is -2.58. The van der Waals surface area contributed by atoms with E-state index < -0.39 is 36.2 Å². The Morgan fingerprint density at radius 3 is 2.32 bits per heavy atom. The molecule has 0 unspecified atom stereocenters. The predicted molar refractivity (Wildman–Crippen MR) is 98.3 cm³/mol. The fourth-order valence-corrected chi connectivity index (χ4v) is 4.46. The van der Waals surface area contributed by atoms with Gasteiger partial charge < -0.3 is 28.4 Å². The highest BCUT2D eigenvalue weighted by Crippen LogP contribution is 2.50. The van der Waals surface area contributed by atoms with E-state index in [0.29, 0.717) is 12.8 Å². The lowest BCUT2D eigenvalue weighted by atomic mass is 9.84. The molecule has 2 saturated heterocycles. The second-order valence-corrected chi connectivity index (χ2v) is 7.61. The summed E-state index contributed by atoms with van der Waals surface area (Å²) >= 11 is 0. The fourth-order valence-electron chi connectivity index (χ4n) is 4.46. The second-order valence-electron chi connectivity index (χ2n) is 7.61. The number of hydrogen-bond acceptors (Lipinski definition) is 7. The molecule has 7 heteroatoms. The number of methoxy groups -OCH3 is 2. The number of Topliss-reactive ketones (excluding diaryl/α,β-unsaturated/α-hetero) is 1. The maximum absolute atomic E-state index is 13.1. The van der Waals surface area contributed by atoms with Gasteiger partial charge in [-0.15, -0.1) is 0 Å². The Morgan fingerprint density at radius 2 is 1.68 bits per heavy atom. The van der Waals surface area contributed by atoms with Crippen molar-refractivity contribution < 1.29 is 33.2 Å². The van der Waals surface area contributed by atoms with Crippen molar-refractivity contribution in [3.05, 3.63) is 35.9 Å². The molecule has 0 bridgehead atoms. The monoisotopic (exact) mass is 392 g/mol. The Bertz CT molecular complexity index is 695. The Balaban J connectivity index is 1.54. The first kappa shape index (κ1) is 19.9. The number of carbonyl (C=O) groups is 1. The van der Waals surface area contributed by atoms with Crippen LogP contribution in [-0.2, 0) is 39.8 Å². The molecule has 2 heterocycles. The van der Waals surface area contributed by atoms with Crippen molar-refractivity contribution in [3.63, 3.8) is 0 Å². The topological polar surface area (TPSA) is 72.5 Å². The van der Waals surface area contributed by atoms with Gasteiger partial charge in [0.1, 0.15) is 6.10 Å². The van der Waals surface area contributed by atoms with Gasteiger partial charge in [-0.25, -0.2) is 0 Å². The maximum Gasteiger partial charge on any atom is 0.224 e. The van der Waals surface area contributed by atoms with Crippen LogP contribution in [0.3, 0.4) is 0 Å². The highest BCUT2D eigenvalue weighted by molar-refractivity contribution is 5.88. The molecule has 154 valence electrons. The van der Waals surface area contributed by atoms with Crippen LogP contribution < -0.4 is 0 Å². The van der Waals surface area contributed by atoms with Gasteiger partial charge in [0.2, 0.25) is 23.6 Å². The number of ketones is 1. The summed E-state index contributed by atoms with van der Waals surface area (Å²) in [4.78, 5) is 13.1. The smallest absolute Gasteiger partial charge is 0.224 e. The zero-order chi connectivity index (χ0) is 19.8. The summed E-state index contributed by atoms with van der Waals surface area (Å²) in [5.41, 5.74) is 0.966. The first-order chi connectivity index (χ1) is 13.5. The van der Waals surface area contributed by atoms with Gasteiger partial charge in [0, 0.05) is 27.1 Å². The van der Waals surface area contributed by atoms with Crippen molar-refractivity contribution in [1.29, 1.82) is 0 Å². The Morgan fingerprint density at radius 1 is 1.04 bits per heavy atom. The van der Waals surface area contributed by atoms with E-state index in [2.05, 4.69) is 0 Å².